The second-order valence-corrected chi connectivity index (χ2v) is 4.40. The van der Waals surface area contributed by atoms with Gasteiger partial charge in [-0.1, -0.05) is 6.92 Å². The van der Waals surface area contributed by atoms with E-state index in [2.05, 4.69) is 27.1 Å². The molecule has 0 amide bonds. The van der Waals surface area contributed by atoms with Crippen molar-refractivity contribution in [2.75, 3.05) is 26.2 Å². The van der Waals surface area contributed by atoms with E-state index >= 15 is 0 Å². The molecule has 2 rings (SSSR count). The van der Waals surface area contributed by atoms with Gasteiger partial charge in [-0.2, -0.15) is 0 Å². The van der Waals surface area contributed by atoms with Gasteiger partial charge in [0.1, 0.15) is 6.33 Å². The Hall–Kier alpha value is -1.00. The van der Waals surface area contributed by atoms with Gasteiger partial charge in [0.2, 0.25) is 0 Å². The molecule has 88 valence electrons. The number of aromatic nitrogens is 2. The monoisotopic (exact) mass is 220 g/mol. The first kappa shape index (κ1) is 11.5. The predicted octanol–water partition coefficient (Wildman–Crippen LogP) is 0.908. The smallest absolute Gasteiger partial charge is 0.115 e. The van der Waals surface area contributed by atoms with Crippen molar-refractivity contribution in [1.29, 1.82) is 0 Å². The Morgan fingerprint density at radius 1 is 1.56 bits per heavy atom. The van der Waals surface area contributed by atoms with E-state index in [9.17, 15) is 0 Å². The summed E-state index contributed by atoms with van der Waals surface area (Å²) in [5.41, 5.74) is 1.12. The van der Waals surface area contributed by atoms with Crippen molar-refractivity contribution >= 4 is 0 Å². The Bertz CT molecular complexity index is 301. The van der Waals surface area contributed by atoms with E-state index in [4.69, 9.17) is 0 Å². The van der Waals surface area contributed by atoms with Crippen molar-refractivity contribution in [2.24, 2.45) is 5.92 Å². The van der Waals surface area contributed by atoms with Crippen LogP contribution in [0.1, 0.15) is 19.0 Å². The number of hydrogen-bond donors (Lipinski definition) is 1. The highest BCUT2D eigenvalue weighted by Crippen LogP contribution is 2.16. The molecule has 1 atom stereocenters. The van der Waals surface area contributed by atoms with E-state index in [1.54, 1.807) is 6.33 Å². The summed E-state index contributed by atoms with van der Waals surface area (Å²) in [5, 5.41) is 3.42. The van der Waals surface area contributed by atoms with Gasteiger partial charge in [0.15, 0.2) is 0 Å². The van der Waals surface area contributed by atoms with Crippen molar-refractivity contribution in [3.8, 4) is 0 Å². The van der Waals surface area contributed by atoms with Crippen LogP contribution in [-0.2, 0) is 6.54 Å². The summed E-state index contributed by atoms with van der Waals surface area (Å²) in [7, 11) is 0. The Labute approximate surface area is 97.1 Å². The van der Waals surface area contributed by atoms with Crippen LogP contribution in [0.25, 0.3) is 0 Å². The summed E-state index contributed by atoms with van der Waals surface area (Å²) in [4.78, 5) is 10.7. The molecule has 1 aromatic heterocycles. The molecule has 0 aliphatic carbocycles. The van der Waals surface area contributed by atoms with Crippen LogP contribution in [0.3, 0.4) is 0 Å². The normalized spacial score (nSPS) is 21.4. The molecule has 1 aliphatic rings. The standard InChI is InChI=1S/C12H20N4/c1-2-13-7-11-4-6-16(8-11)9-12-3-5-14-10-15-12/h3,5,10-11,13H,2,4,6-9H2,1H3. The third kappa shape index (κ3) is 3.25. The van der Waals surface area contributed by atoms with Gasteiger partial charge < -0.3 is 5.32 Å². The zero-order valence-corrected chi connectivity index (χ0v) is 9.89. The maximum atomic E-state index is 4.26. The minimum Gasteiger partial charge on any atom is -0.317 e. The first-order chi connectivity index (χ1) is 7.88. The molecule has 0 bridgehead atoms. The average molecular weight is 220 g/mol. The Morgan fingerprint density at radius 2 is 2.50 bits per heavy atom. The summed E-state index contributed by atoms with van der Waals surface area (Å²) < 4.78 is 0. The van der Waals surface area contributed by atoms with Gasteiger partial charge in [-0.05, 0) is 38.0 Å². The average Bonchev–Trinajstić information content (AvgIpc) is 2.75. The fourth-order valence-electron chi connectivity index (χ4n) is 2.21. The molecule has 0 radical (unpaired) electrons. The zero-order chi connectivity index (χ0) is 11.2. The van der Waals surface area contributed by atoms with E-state index in [0.29, 0.717) is 0 Å². The van der Waals surface area contributed by atoms with Crippen LogP contribution < -0.4 is 5.32 Å². The molecule has 1 fully saturated rings. The molecule has 0 saturated carbocycles. The lowest BCUT2D eigenvalue weighted by Crippen LogP contribution is -2.26. The van der Waals surface area contributed by atoms with E-state index in [0.717, 1.165) is 31.2 Å². The van der Waals surface area contributed by atoms with Crippen molar-refractivity contribution in [2.45, 2.75) is 19.9 Å². The number of rotatable bonds is 5. The Balaban J connectivity index is 1.76. The number of nitrogens with one attached hydrogen (secondary N) is 1. The summed E-state index contributed by atoms with van der Waals surface area (Å²) >= 11 is 0. The minimum absolute atomic E-state index is 0.807. The summed E-state index contributed by atoms with van der Waals surface area (Å²) in [6, 6.07) is 2.00. The van der Waals surface area contributed by atoms with Crippen LogP contribution in [0, 0.1) is 5.92 Å². The molecule has 1 saturated heterocycles. The highest BCUT2D eigenvalue weighted by Gasteiger charge is 2.21. The maximum absolute atomic E-state index is 4.26. The lowest BCUT2D eigenvalue weighted by molar-refractivity contribution is 0.311. The largest absolute Gasteiger partial charge is 0.317 e. The minimum atomic E-state index is 0.807. The van der Waals surface area contributed by atoms with Crippen molar-refractivity contribution in [1.82, 2.24) is 20.2 Å². The molecule has 2 heterocycles. The van der Waals surface area contributed by atoms with Gasteiger partial charge in [-0.3, -0.25) is 4.90 Å². The molecule has 1 N–H and O–H groups in total. The maximum Gasteiger partial charge on any atom is 0.115 e. The fraction of sp³-hybridized carbons (Fsp3) is 0.667. The van der Waals surface area contributed by atoms with Crippen molar-refractivity contribution in [3.63, 3.8) is 0 Å². The van der Waals surface area contributed by atoms with Crippen LogP contribution in [0.2, 0.25) is 0 Å². The SMILES string of the molecule is CCNCC1CCN(Cc2ccncn2)C1. The fourth-order valence-corrected chi connectivity index (χ4v) is 2.21. The molecular formula is C12H20N4. The van der Waals surface area contributed by atoms with Crippen molar-refractivity contribution in [3.05, 3.63) is 24.3 Å². The first-order valence-electron chi connectivity index (χ1n) is 6.06. The van der Waals surface area contributed by atoms with Crippen LogP contribution in [0.5, 0.6) is 0 Å². The van der Waals surface area contributed by atoms with Gasteiger partial charge in [-0.15, -0.1) is 0 Å². The molecule has 0 spiro atoms. The van der Waals surface area contributed by atoms with Crippen molar-refractivity contribution < 1.29 is 0 Å². The molecule has 1 aromatic rings. The van der Waals surface area contributed by atoms with E-state index < -0.39 is 0 Å². The van der Waals surface area contributed by atoms with Gasteiger partial charge in [0, 0.05) is 19.3 Å². The molecule has 4 nitrogen and oxygen atoms in total. The third-order valence-electron chi connectivity index (χ3n) is 3.08. The van der Waals surface area contributed by atoms with Crippen LogP contribution in [0.15, 0.2) is 18.6 Å². The topological polar surface area (TPSA) is 41.0 Å². The Kier molecular flexibility index (Phi) is 4.25. The second-order valence-electron chi connectivity index (χ2n) is 4.40. The highest BCUT2D eigenvalue weighted by molar-refractivity contribution is 4.98. The third-order valence-corrected chi connectivity index (χ3v) is 3.08. The number of hydrogen-bond acceptors (Lipinski definition) is 4. The Morgan fingerprint density at radius 3 is 3.25 bits per heavy atom. The summed E-state index contributed by atoms with van der Waals surface area (Å²) in [5.74, 6) is 0.807. The summed E-state index contributed by atoms with van der Waals surface area (Å²) in [6.45, 7) is 7.73. The quantitative estimate of drug-likeness (QED) is 0.801. The van der Waals surface area contributed by atoms with Gasteiger partial charge in [-0.25, -0.2) is 9.97 Å². The van der Waals surface area contributed by atoms with Gasteiger partial charge in [0.25, 0.3) is 0 Å². The van der Waals surface area contributed by atoms with Gasteiger partial charge in [0.05, 0.1) is 5.69 Å². The first-order valence-corrected chi connectivity index (χ1v) is 6.06. The summed E-state index contributed by atoms with van der Waals surface area (Å²) in [6.07, 6.45) is 4.74. The lowest BCUT2D eigenvalue weighted by atomic mass is 10.1. The van der Waals surface area contributed by atoms with Crippen LogP contribution in [-0.4, -0.2) is 41.0 Å². The van der Waals surface area contributed by atoms with Crippen LogP contribution >= 0.6 is 0 Å². The molecule has 16 heavy (non-hydrogen) atoms. The van der Waals surface area contributed by atoms with Crippen LogP contribution in [0.4, 0.5) is 0 Å². The molecule has 1 unspecified atom stereocenters. The number of likely N-dealkylation sites (tertiary alicyclic amines) is 1. The molecule has 1 aliphatic heterocycles. The predicted molar refractivity (Wildman–Crippen MR) is 64.0 cm³/mol. The molecule has 0 aromatic carbocycles. The molecular weight excluding hydrogens is 200 g/mol. The highest BCUT2D eigenvalue weighted by atomic mass is 15.2. The molecule has 4 heteroatoms. The second kappa shape index (κ2) is 5.92. The number of nitrogens with zero attached hydrogens (tertiary/aromatic N) is 3. The van der Waals surface area contributed by atoms with E-state index in [-0.39, 0.29) is 0 Å². The van der Waals surface area contributed by atoms with E-state index in [1.807, 2.05) is 12.3 Å². The zero-order valence-electron chi connectivity index (χ0n) is 9.89. The lowest BCUT2D eigenvalue weighted by Gasteiger charge is -2.15. The van der Waals surface area contributed by atoms with Gasteiger partial charge >= 0.3 is 0 Å². The van der Waals surface area contributed by atoms with E-state index in [1.165, 1.54) is 19.5 Å².